The average Bonchev–Trinajstić information content (AvgIpc) is 3.11. The molecule has 3 rings (SSSR count). The van der Waals surface area contributed by atoms with Crippen LogP contribution in [0.25, 0.3) is 0 Å². The molecule has 24 heavy (non-hydrogen) atoms. The number of hydrogen-bond acceptors (Lipinski definition) is 3. The number of nitrogens with one attached hydrogen (secondary N) is 1. The lowest BCUT2D eigenvalue weighted by Crippen LogP contribution is -2.43. The van der Waals surface area contributed by atoms with Gasteiger partial charge in [-0.15, -0.1) is 0 Å². The Morgan fingerprint density at radius 3 is 2.75 bits per heavy atom. The molecule has 6 nitrogen and oxygen atoms in total. The number of rotatable bonds is 4. The number of hydrogen-bond donors (Lipinski definition) is 2. The molecule has 0 spiro atoms. The standard InChI is InChI=1S/C18H25N3O3/c19-17(22)15-8-9-21(12-15)18(23)20-11-14-7-4-10-24-16(14)13-5-2-1-3-6-13/h1-3,5-6,14-16H,4,7-12H2,(H2,19,22)(H,20,23)/t14-,15-,16-/m1/s1. The van der Waals surface area contributed by atoms with Gasteiger partial charge in [0.2, 0.25) is 5.91 Å². The molecule has 0 unspecified atom stereocenters. The van der Waals surface area contributed by atoms with E-state index in [1.807, 2.05) is 18.2 Å². The highest BCUT2D eigenvalue weighted by molar-refractivity contribution is 5.80. The molecular weight excluding hydrogens is 306 g/mol. The van der Waals surface area contributed by atoms with Crippen LogP contribution in [0.15, 0.2) is 30.3 Å². The number of likely N-dealkylation sites (tertiary alicyclic amines) is 1. The molecule has 3 amide bonds. The number of carbonyl (C=O) groups excluding carboxylic acids is 2. The van der Waals surface area contributed by atoms with Gasteiger partial charge < -0.3 is 20.7 Å². The van der Waals surface area contributed by atoms with Crippen molar-refractivity contribution in [2.45, 2.75) is 25.4 Å². The van der Waals surface area contributed by atoms with Crippen LogP contribution in [-0.4, -0.2) is 43.1 Å². The summed E-state index contributed by atoms with van der Waals surface area (Å²) in [6.07, 6.45) is 2.72. The first-order valence-electron chi connectivity index (χ1n) is 8.64. The highest BCUT2D eigenvalue weighted by Gasteiger charge is 2.31. The van der Waals surface area contributed by atoms with Gasteiger partial charge in [-0.05, 0) is 24.8 Å². The summed E-state index contributed by atoms with van der Waals surface area (Å²) >= 11 is 0. The van der Waals surface area contributed by atoms with Crippen LogP contribution in [0.5, 0.6) is 0 Å². The highest BCUT2D eigenvalue weighted by atomic mass is 16.5. The van der Waals surface area contributed by atoms with Crippen molar-refractivity contribution in [2.24, 2.45) is 17.6 Å². The van der Waals surface area contributed by atoms with Crippen LogP contribution in [0.3, 0.4) is 0 Å². The summed E-state index contributed by atoms with van der Waals surface area (Å²) < 4.78 is 5.96. The van der Waals surface area contributed by atoms with E-state index >= 15 is 0 Å². The van der Waals surface area contributed by atoms with E-state index < -0.39 is 0 Å². The number of nitrogens with zero attached hydrogens (tertiary/aromatic N) is 1. The summed E-state index contributed by atoms with van der Waals surface area (Å²) in [5, 5.41) is 3.01. The Morgan fingerprint density at radius 2 is 2.04 bits per heavy atom. The molecule has 2 aliphatic heterocycles. The van der Waals surface area contributed by atoms with Gasteiger partial charge in [-0.2, -0.15) is 0 Å². The molecule has 2 heterocycles. The molecule has 0 bridgehead atoms. The van der Waals surface area contributed by atoms with E-state index in [-0.39, 0.29) is 29.9 Å². The van der Waals surface area contributed by atoms with E-state index in [0.717, 1.165) is 25.0 Å². The second-order valence-corrected chi connectivity index (χ2v) is 6.62. The van der Waals surface area contributed by atoms with E-state index in [4.69, 9.17) is 10.5 Å². The minimum atomic E-state index is -0.324. The summed E-state index contributed by atoms with van der Waals surface area (Å²) in [5.41, 5.74) is 6.48. The van der Waals surface area contributed by atoms with Crippen molar-refractivity contribution in [3.8, 4) is 0 Å². The fourth-order valence-electron chi connectivity index (χ4n) is 3.57. The summed E-state index contributed by atoms with van der Waals surface area (Å²) in [6, 6.07) is 10.0. The van der Waals surface area contributed by atoms with E-state index in [1.165, 1.54) is 0 Å². The Kier molecular flexibility index (Phi) is 5.35. The summed E-state index contributed by atoms with van der Waals surface area (Å²) in [6.45, 7) is 2.35. The monoisotopic (exact) mass is 331 g/mol. The van der Waals surface area contributed by atoms with Crippen LogP contribution in [0.1, 0.15) is 30.9 Å². The first-order valence-corrected chi connectivity index (χ1v) is 8.64. The maximum Gasteiger partial charge on any atom is 0.317 e. The van der Waals surface area contributed by atoms with Gasteiger partial charge in [0.1, 0.15) is 0 Å². The molecule has 0 aliphatic carbocycles. The molecule has 6 heteroatoms. The summed E-state index contributed by atoms with van der Waals surface area (Å²) in [7, 11) is 0. The van der Waals surface area contributed by atoms with Crippen LogP contribution in [0, 0.1) is 11.8 Å². The zero-order valence-corrected chi connectivity index (χ0v) is 13.8. The molecule has 0 saturated carbocycles. The number of amides is 3. The van der Waals surface area contributed by atoms with E-state index in [9.17, 15) is 9.59 Å². The van der Waals surface area contributed by atoms with Gasteiger partial charge in [-0.3, -0.25) is 4.79 Å². The minimum Gasteiger partial charge on any atom is -0.373 e. The van der Waals surface area contributed by atoms with Crippen molar-refractivity contribution in [3.05, 3.63) is 35.9 Å². The average molecular weight is 331 g/mol. The molecule has 2 saturated heterocycles. The second kappa shape index (κ2) is 7.66. The van der Waals surface area contributed by atoms with E-state index in [0.29, 0.717) is 26.1 Å². The zero-order valence-electron chi connectivity index (χ0n) is 13.8. The van der Waals surface area contributed by atoms with Crippen molar-refractivity contribution in [2.75, 3.05) is 26.2 Å². The SMILES string of the molecule is NC(=O)[C@@H]1CCN(C(=O)NC[C@H]2CCCO[C@@H]2c2ccccc2)C1. The molecule has 1 aromatic carbocycles. The number of urea groups is 1. The second-order valence-electron chi connectivity index (χ2n) is 6.62. The predicted octanol–water partition coefficient (Wildman–Crippen LogP) is 1.67. The Hall–Kier alpha value is -2.08. The van der Waals surface area contributed by atoms with Gasteiger partial charge in [0, 0.05) is 32.2 Å². The van der Waals surface area contributed by atoms with E-state index in [1.54, 1.807) is 4.90 Å². The molecule has 1 aromatic rings. The van der Waals surface area contributed by atoms with Gasteiger partial charge in [-0.25, -0.2) is 4.79 Å². The van der Waals surface area contributed by atoms with Crippen LogP contribution in [-0.2, 0) is 9.53 Å². The lowest BCUT2D eigenvalue weighted by atomic mass is 9.89. The summed E-state index contributed by atoms with van der Waals surface area (Å²) in [4.78, 5) is 25.2. The smallest absolute Gasteiger partial charge is 0.317 e. The third-order valence-corrected chi connectivity index (χ3v) is 4.97. The fourth-order valence-corrected chi connectivity index (χ4v) is 3.57. The van der Waals surface area contributed by atoms with Crippen LogP contribution < -0.4 is 11.1 Å². The number of primary amides is 1. The lowest BCUT2D eigenvalue weighted by molar-refractivity contribution is -0.121. The Labute approximate surface area is 142 Å². The normalized spacial score (nSPS) is 27.0. The fraction of sp³-hybridized carbons (Fsp3) is 0.556. The van der Waals surface area contributed by atoms with Crippen molar-refractivity contribution in [3.63, 3.8) is 0 Å². The number of benzene rings is 1. The maximum absolute atomic E-state index is 12.3. The number of carbonyl (C=O) groups is 2. The van der Waals surface area contributed by atoms with Gasteiger partial charge in [0.25, 0.3) is 0 Å². The first kappa shape index (κ1) is 16.8. The quantitative estimate of drug-likeness (QED) is 0.880. The van der Waals surface area contributed by atoms with E-state index in [2.05, 4.69) is 17.4 Å². The van der Waals surface area contributed by atoms with Crippen LogP contribution in [0.2, 0.25) is 0 Å². The molecule has 0 aromatic heterocycles. The van der Waals surface area contributed by atoms with Crippen LogP contribution in [0.4, 0.5) is 4.79 Å². The van der Waals surface area contributed by atoms with Crippen LogP contribution >= 0.6 is 0 Å². The topological polar surface area (TPSA) is 84.7 Å². The van der Waals surface area contributed by atoms with Gasteiger partial charge in [0.15, 0.2) is 0 Å². The Morgan fingerprint density at radius 1 is 1.25 bits per heavy atom. The maximum atomic E-state index is 12.3. The molecular formula is C18H25N3O3. The summed E-state index contributed by atoms with van der Waals surface area (Å²) in [5.74, 6) is -0.277. The van der Waals surface area contributed by atoms with Crippen molar-refractivity contribution < 1.29 is 14.3 Å². The van der Waals surface area contributed by atoms with Gasteiger partial charge in [-0.1, -0.05) is 30.3 Å². The van der Waals surface area contributed by atoms with Crippen molar-refractivity contribution in [1.29, 1.82) is 0 Å². The number of ether oxygens (including phenoxy) is 1. The number of nitrogens with two attached hydrogens (primary N) is 1. The molecule has 0 radical (unpaired) electrons. The van der Waals surface area contributed by atoms with Crippen molar-refractivity contribution >= 4 is 11.9 Å². The third-order valence-electron chi connectivity index (χ3n) is 4.97. The highest BCUT2D eigenvalue weighted by Crippen LogP contribution is 2.33. The zero-order chi connectivity index (χ0) is 16.9. The minimum absolute atomic E-state index is 0.0252. The molecule has 130 valence electrons. The van der Waals surface area contributed by atoms with Gasteiger partial charge >= 0.3 is 6.03 Å². The predicted molar refractivity (Wildman–Crippen MR) is 90.1 cm³/mol. The van der Waals surface area contributed by atoms with Gasteiger partial charge in [0.05, 0.1) is 12.0 Å². The molecule has 3 N–H and O–H groups in total. The largest absolute Gasteiger partial charge is 0.373 e. The first-order chi connectivity index (χ1) is 11.6. The molecule has 3 atom stereocenters. The van der Waals surface area contributed by atoms with Crippen molar-refractivity contribution in [1.82, 2.24) is 10.2 Å². The lowest BCUT2D eigenvalue weighted by Gasteiger charge is -2.32. The Balaban J connectivity index is 1.54. The molecule has 2 fully saturated rings. The molecule has 2 aliphatic rings. The third kappa shape index (κ3) is 3.87. The Bertz CT molecular complexity index is 578.